The highest BCUT2D eigenvalue weighted by Crippen LogP contribution is 2.26. The quantitative estimate of drug-likeness (QED) is 0.346. The summed E-state index contributed by atoms with van der Waals surface area (Å²) in [5.41, 5.74) is 3.84. The highest BCUT2D eigenvalue weighted by Gasteiger charge is 1.82. The molecule has 0 aliphatic carbocycles. The Morgan fingerprint density at radius 3 is 1.50 bits per heavy atom. The van der Waals surface area contributed by atoms with Gasteiger partial charge in [-0.1, -0.05) is 0 Å². The van der Waals surface area contributed by atoms with Crippen molar-refractivity contribution < 1.29 is 8.39 Å². The number of halogens is 2. The molecule has 0 aromatic heterocycles. The van der Waals surface area contributed by atoms with Crippen LogP contribution in [0.5, 0.6) is 0 Å². The maximum Gasteiger partial charge on any atom is 0.340 e. The highest BCUT2D eigenvalue weighted by atomic mass is 31.2. The van der Waals surface area contributed by atoms with Crippen LogP contribution in [0.25, 0.3) is 0 Å². The van der Waals surface area contributed by atoms with Crippen molar-refractivity contribution in [3.8, 4) is 0 Å². The molecule has 0 heterocycles. The third-order valence-electron chi connectivity index (χ3n) is 0. The van der Waals surface area contributed by atoms with Crippen molar-refractivity contribution >= 4 is 8.69 Å². The Labute approximate surface area is 23.8 Å². The Hall–Kier alpha value is 0.250. The minimum atomic E-state index is -3.12. The summed E-state index contributed by atoms with van der Waals surface area (Å²) in [7, 11) is -3.12. The first-order valence-corrected chi connectivity index (χ1v) is 1.79. The van der Waals surface area contributed by atoms with Crippen LogP contribution in [0.1, 0.15) is 0 Å². The maximum absolute atomic E-state index is 10.2. The molecular weight excluding hydrogens is 84.0 g/mol. The molecule has 0 rings (SSSR count). The summed E-state index contributed by atoms with van der Waals surface area (Å²) in [5, 5.41) is 0. The molecule has 0 aliphatic heterocycles. The molecule has 26 valence electrons. The fraction of sp³-hybridized carbons (Fsp3) is 0. The molecule has 0 saturated carbocycles. The fourth-order valence-electron chi connectivity index (χ4n) is 0. The molecule has 0 fully saturated rings. The summed E-state index contributed by atoms with van der Waals surface area (Å²) in [6.07, 6.45) is 0. The summed E-state index contributed by atoms with van der Waals surface area (Å²) in [5.74, 6) is 0. The van der Waals surface area contributed by atoms with Gasteiger partial charge in [0, 0.05) is 0 Å². The average Bonchev–Trinajstić information content (AvgIpc) is 0.811. The molecule has 2 N–H and O–H groups in total. The molecule has 0 spiro atoms. The molecule has 0 saturated heterocycles. The number of rotatable bonds is 0. The number of hydrogen-bond acceptors (Lipinski definition) is 1. The third-order valence-corrected chi connectivity index (χ3v) is 0. The lowest BCUT2D eigenvalue weighted by atomic mass is 14.9. The molecular formula is H2F2NP. The van der Waals surface area contributed by atoms with Crippen molar-refractivity contribution in [2.24, 2.45) is 5.50 Å². The van der Waals surface area contributed by atoms with Gasteiger partial charge in [-0.15, -0.1) is 0 Å². The monoisotopic (exact) mass is 86.0 g/mol. The van der Waals surface area contributed by atoms with E-state index < -0.39 is 8.69 Å². The summed E-state index contributed by atoms with van der Waals surface area (Å²) >= 11 is 0. The van der Waals surface area contributed by atoms with Gasteiger partial charge >= 0.3 is 8.69 Å². The lowest BCUT2D eigenvalue weighted by Crippen LogP contribution is -1.66. The topological polar surface area (TPSA) is 26.0 Å². The van der Waals surface area contributed by atoms with Gasteiger partial charge in [-0.25, -0.2) is 0 Å². The largest absolute Gasteiger partial charge is 0.340 e. The van der Waals surface area contributed by atoms with Gasteiger partial charge in [0.05, 0.1) is 0 Å². The van der Waals surface area contributed by atoms with Crippen molar-refractivity contribution in [3.63, 3.8) is 0 Å². The van der Waals surface area contributed by atoms with E-state index in [0.29, 0.717) is 0 Å². The van der Waals surface area contributed by atoms with E-state index in [1.807, 2.05) is 0 Å². The van der Waals surface area contributed by atoms with E-state index in [2.05, 4.69) is 5.50 Å². The maximum atomic E-state index is 10.2. The van der Waals surface area contributed by atoms with Crippen LogP contribution >= 0.6 is 8.69 Å². The fourth-order valence-corrected chi connectivity index (χ4v) is 0. The molecule has 0 aromatic rings. The minimum Gasteiger partial charge on any atom is -0.257 e. The van der Waals surface area contributed by atoms with E-state index in [4.69, 9.17) is 0 Å². The number of hydrogen-bond donors (Lipinski definition) is 1. The Morgan fingerprint density at radius 1 is 1.50 bits per heavy atom. The lowest BCUT2D eigenvalue weighted by Gasteiger charge is -1.68. The van der Waals surface area contributed by atoms with Crippen LogP contribution in [0.3, 0.4) is 0 Å². The Morgan fingerprint density at radius 2 is 1.50 bits per heavy atom. The summed E-state index contributed by atoms with van der Waals surface area (Å²) in [4.78, 5) is 0. The third kappa shape index (κ3) is 56.2. The lowest BCUT2D eigenvalue weighted by molar-refractivity contribution is 0.747. The molecule has 0 atom stereocenters. The van der Waals surface area contributed by atoms with Gasteiger partial charge in [0.25, 0.3) is 0 Å². The molecule has 4 heteroatoms. The van der Waals surface area contributed by atoms with Crippen LogP contribution < -0.4 is 5.50 Å². The van der Waals surface area contributed by atoms with E-state index >= 15 is 0 Å². The van der Waals surface area contributed by atoms with E-state index in [-0.39, 0.29) is 0 Å². The second-order valence-corrected chi connectivity index (χ2v) is 0.777. The van der Waals surface area contributed by atoms with E-state index in [9.17, 15) is 8.39 Å². The SMILES string of the molecule is [15NH2]P(F)F. The van der Waals surface area contributed by atoms with Crippen LogP contribution in [-0.4, -0.2) is 0 Å². The second-order valence-electron chi connectivity index (χ2n) is 0.259. The normalized spacial score (nSPS) is 9.00. The predicted octanol–water partition coefficient (Wildman–Crippen LogP) is 1.11. The van der Waals surface area contributed by atoms with Gasteiger partial charge in [-0.05, 0) is 0 Å². The van der Waals surface area contributed by atoms with Crippen LogP contribution in [0.2, 0.25) is 0 Å². The van der Waals surface area contributed by atoms with Crippen molar-refractivity contribution in [1.29, 1.82) is 0 Å². The van der Waals surface area contributed by atoms with Crippen LogP contribution in [0.15, 0.2) is 0 Å². The molecule has 0 aliphatic rings. The Kier molecular flexibility index (Phi) is 1.66. The minimum absolute atomic E-state index is 3.12. The van der Waals surface area contributed by atoms with Gasteiger partial charge in [-0.2, -0.15) is 8.39 Å². The Bertz CT molecular complexity index is 10.8. The summed E-state index contributed by atoms with van der Waals surface area (Å²) < 4.78 is 20.4. The summed E-state index contributed by atoms with van der Waals surface area (Å²) in [6.45, 7) is 0. The van der Waals surface area contributed by atoms with E-state index in [1.165, 1.54) is 0 Å². The summed E-state index contributed by atoms with van der Waals surface area (Å²) in [6, 6.07) is 0. The van der Waals surface area contributed by atoms with Crippen LogP contribution in [-0.2, 0) is 0 Å². The number of nitrogens with two attached hydrogens (primary N) is 1. The first kappa shape index (κ1) is 4.25. The van der Waals surface area contributed by atoms with Crippen molar-refractivity contribution in [2.75, 3.05) is 0 Å². The van der Waals surface area contributed by atoms with Gasteiger partial charge in [-0.3, -0.25) is 5.50 Å². The molecule has 0 aromatic carbocycles. The van der Waals surface area contributed by atoms with E-state index in [0.717, 1.165) is 0 Å². The van der Waals surface area contributed by atoms with Gasteiger partial charge < -0.3 is 0 Å². The predicted molar refractivity (Wildman–Crippen MR) is 13.3 cm³/mol. The Balaban J connectivity index is 2.32. The zero-order valence-corrected chi connectivity index (χ0v) is 2.67. The smallest absolute Gasteiger partial charge is 0.257 e. The van der Waals surface area contributed by atoms with Crippen molar-refractivity contribution in [2.45, 2.75) is 0 Å². The van der Waals surface area contributed by atoms with Crippen LogP contribution in [0.4, 0.5) is 8.39 Å². The zero-order valence-electron chi connectivity index (χ0n) is 1.78. The molecule has 4 heavy (non-hydrogen) atoms. The molecule has 0 radical (unpaired) electrons. The standard InChI is InChI=1S/F2H2NP/c1-4(2)3/h3H2/i3+1. The van der Waals surface area contributed by atoms with Crippen molar-refractivity contribution in [3.05, 3.63) is 0 Å². The molecule has 0 bridgehead atoms. The molecule has 1 nitrogen and oxygen atoms in total. The first-order valence-electron chi connectivity index (χ1n) is 0.596. The molecule has 0 unspecified atom stereocenters. The molecule has 0 amide bonds. The first-order chi connectivity index (χ1) is 1.73. The average molecular weight is 86.0 g/mol. The van der Waals surface area contributed by atoms with Gasteiger partial charge in [0.1, 0.15) is 0 Å². The van der Waals surface area contributed by atoms with Crippen molar-refractivity contribution in [1.82, 2.24) is 0 Å². The van der Waals surface area contributed by atoms with E-state index in [1.54, 1.807) is 0 Å². The van der Waals surface area contributed by atoms with Crippen LogP contribution in [0, 0.1) is 0 Å². The highest BCUT2D eigenvalue weighted by molar-refractivity contribution is 7.43. The zero-order chi connectivity index (χ0) is 3.58. The second kappa shape index (κ2) is 1.56. The van der Waals surface area contributed by atoms with Gasteiger partial charge in [0.15, 0.2) is 0 Å². The van der Waals surface area contributed by atoms with Gasteiger partial charge in [0.2, 0.25) is 0 Å².